The lowest BCUT2D eigenvalue weighted by molar-refractivity contribution is 0.443. The van der Waals surface area contributed by atoms with Crippen molar-refractivity contribution >= 4 is 39.0 Å². The van der Waals surface area contributed by atoms with Crippen LogP contribution in [0.3, 0.4) is 0 Å². The number of anilines is 2. The van der Waals surface area contributed by atoms with Gasteiger partial charge in [0.2, 0.25) is 5.96 Å². The molecule has 0 unspecified atom stereocenters. The number of nitrogens with zero attached hydrogens (tertiary/aromatic N) is 4. The summed E-state index contributed by atoms with van der Waals surface area (Å²) in [4.78, 5) is 16.3. The topological polar surface area (TPSA) is 67.4 Å². The number of aliphatic imine (C=N–C) groups is 1. The summed E-state index contributed by atoms with van der Waals surface area (Å²) in [6.07, 6.45) is 7.80. The van der Waals surface area contributed by atoms with E-state index in [1.54, 1.807) is 11.3 Å². The quantitative estimate of drug-likeness (QED) is 0.463. The normalized spacial score (nSPS) is 16.0. The van der Waals surface area contributed by atoms with Crippen LogP contribution >= 0.6 is 11.3 Å². The van der Waals surface area contributed by atoms with Crippen molar-refractivity contribution in [3.05, 3.63) is 47.6 Å². The number of hydrogen-bond acceptors (Lipinski definition) is 4. The Kier molecular flexibility index (Phi) is 5.57. The number of para-hydroxylation sites is 1. The highest BCUT2D eigenvalue weighted by Crippen LogP contribution is 2.35. The number of guanidine groups is 1. The summed E-state index contributed by atoms with van der Waals surface area (Å²) in [5.41, 5.74) is 9.62. The van der Waals surface area contributed by atoms with Gasteiger partial charge in [-0.15, -0.1) is 11.3 Å². The van der Waals surface area contributed by atoms with E-state index in [4.69, 9.17) is 15.7 Å². The number of rotatable bonds is 4. The molecule has 5 nitrogen and oxygen atoms in total. The fourth-order valence-electron chi connectivity index (χ4n) is 3.76. The minimum atomic E-state index is 0.300. The zero-order chi connectivity index (χ0) is 19.5. The number of fused-ring (bicyclic) bond motifs is 1. The summed E-state index contributed by atoms with van der Waals surface area (Å²) in [7, 11) is 0. The standard InChI is InChI=1S/C22H27N5S/c1-15(2)19-14-20(17-10-6-7-11-18(17)26-19)27(22-24-12-13-28-22)21(23)25-16-8-4-3-5-9-16/h6-7,10-16H,3-5,8-9H2,1-2H3,(H2,23,25). The first-order valence-corrected chi connectivity index (χ1v) is 10.9. The highest BCUT2D eigenvalue weighted by atomic mass is 32.1. The van der Waals surface area contributed by atoms with Crippen LogP contribution in [0.1, 0.15) is 57.6 Å². The van der Waals surface area contributed by atoms with E-state index in [2.05, 4.69) is 37.0 Å². The van der Waals surface area contributed by atoms with Crippen LogP contribution in [0.2, 0.25) is 0 Å². The van der Waals surface area contributed by atoms with Crippen LogP contribution in [-0.4, -0.2) is 22.0 Å². The maximum absolute atomic E-state index is 6.61. The molecule has 3 aromatic rings. The molecule has 2 heterocycles. The average Bonchev–Trinajstić information content (AvgIpc) is 3.23. The van der Waals surface area contributed by atoms with E-state index in [0.29, 0.717) is 17.9 Å². The molecule has 0 atom stereocenters. The van der Waals surface area contributed by atoms with Crippen molar-refractivity contribution in [3.63, 3.8) is 0 Å². The number of pyridine rings is 1. The minimum Gasteiger partial charge on any atom is -0.369 e. The smallest absolute Gasteiger partial charge is 0.202 e. The third kappa shape index (κ3) is 3.87. The van der Waals surface area contributed by atoms with Gasteiger partial charge in [0.05, 0.1) is 17.2 Å². The molecule has 1 aromatic carbocycles. The van der Waals surface area contributed by atoms with Gasteiger partial charge in [-0.2, -0.15) is 0 Å². The first-order chi connectivity index (χ1) is 13.6. The number of benzene rings is 1. The predicted octanol–water partition coefficient (Wildman–Crippen LogP) is 5.60. The van der Waals surface area contributed by atoms with E-state index in [1.165, 1.54) is 19.3 Å². The van der Waals surface area contributed by atoms with Gasteiger partial charge in [0.25, 0.3) is 0 Å². The molecule has 0 amide bonds. The van der Waals surface area contributed by atoms with Crippen LogP contribution in [0, 0.1) is 0 Å². The minimum absolute atomic E-state index is 0.300. The van der Waals surface area contributed by atoms with E-state index in [-0.39, 0.29) is 0 Å². The second kappa shape index (κ2) is 8.27. The zero-order valence-electron chi connectivity index (χ0n) is 16.5. The Morgan fingerprint density at radius 3 is 2.71 bits per heavy atom. The summed E-state index contributed by atoms with van der Waals surface area (Å²) in [6.45, 7) is 4.32. The number of hydrogen-bond donors (Lipinski definition) is 1. The molecule has 2 aromatic heterocycles. The molecular formula is C22H27N5S. The lowest BCUT2D eigenvalue weighted by Gasteiger charge is -2.26. The summed E-state index contributed by atoms with van der Waals surface area (Å²) in [5, 5.41) is 3.87. The zero-order valence-corrected chi connectivity index (χ0v) is 17.3. The Labute approximate surface area is 170 Å². The van der Waals surface area contributed by atoms with Gasteiger partial charge in [-0.25, -0.2) is 9.98 Å². The Hall–Kier alpha value is -2.47. The van der Waals surface area contributed by atoms with Crippen molar-refractivity contribution in [2.24, 2.45) is 10.7 Å². The van der Waals surface area contributed by atoms with Crippen LogP contribution < -0.4 is 10.6 Å². The van der Waals surface area contributed by atoms with Crippen LogP contribution in [0.4, 0.5) is 10.8 Å². The second-order valence-electron chi connectivity index (χ2n) is 7.67. The number of nitrogens with two attached hydrogens (primary N) is 1. The van der Waals surface area contributed by atoms with Crippen molar-refractivity contribution in [1.82, 2.24) is 9.97 Å². The molecule has 28 heavy (non-hydrogen) atoms. The third-order valence-electron chi connectivity index (χ3n) is 5.28. The van der Waals surface area contributed by atoms with Gasteiger partial charge in [-0.3, -0.25) is 9.88 Å². The van der Waals surface area contributed by atoms with Gasteiger partial charge in [0, 0.05) is 22.7 Å². The average molecular weight is 394 g/mol. The third-order valence-corrected chi connectivity index (χ3v) is 6.03. The maximum atomic E-state index is 6.61. The van der Waals surface area contributed by atoms with Crippen molar-refractivity contribution in [1.29, 1.82) is 0 Å². The van der Waals surface area contributed by atoms with Gasteiger partial charge >= 0.3 is 0 Å². The van der Waals surface area contributed by atoms with Gasteiger partial charge < -0.3 is 5.73 Å². The summed E-state index contributed by atoms with van der Waals surface area (Å²) >= 11 is 1.57. The van der Waals surface area contributed by atoms with Gasteiger partial charge in [0.15, 0.2) is 5.13 Å². The SMILES string of the molecule is CC(C)c1cc(N(C(N)=NC2CCCCC2)c2nccs2)c2ccccc2n1. The highest BCUT2D eigenvalue weighted by Gasteiger charge is 2.22. The number of aromatic nitrogens is 2. The summed E-state index contributed by atoms with van der Waals surface area (Å²) in [6, 6.07) is 10.6. The molecule has 0 spiro atoms. The molecule has 0 aliphatic heterocycles. The lowest BCUT2D eigenvalue weighted by Crippen LogP contribution is -2.35. The van der Waals surface area contributed by atoms with Crippen LogP contribution in [0.25, 0.3) is 10.9 Å². The summed E-state index contributed by atoms with van der Waals surface area (Å²) < 4.78 is 0. The molecule has 1 aliphatic carbocycles. The summed E-state index contributed by atoms with van der Waals surface area (Å²) in [5.74, 6) is 0.839. The van der Waals surface area contributed by atoms with E-state index in [1.807, 2.05) is 28.6 Å². The van der Waals surface area contributed by atoms with Crippen LogP contribution in [-0.2, 0) is 0 Å². The fourth-order valence-corrected chi connectivity index (χ4v) is 4.43. The molecule has 146 valence electrons. The van der Waals surface area contributed by atoms with E-state index < -0.39 is 0 Å². The second-order valence-corrected chi connectivity index (χ2v) is 8.54. The molecule has 2 N–H and O–H groups in total. The van der Waals surface area contributed by atoms with Crippen LogP contribution in [0.15, 0.2) is 46.9 Å². The van der Waals surface area contributed by atoms with Gasteiger partial charge in [-0.1, -0.05) is 51.3 Å². The Balaban J connectivity index is 1.86. The molecule has 4 rings (SSSR count). The molecular weight excluding hydrogens is 366 g/mol. The first-order valence-electron chi connectivity index (χ1n) is 10.1. The van der Waals surface area contributed by atoms with E-state index in [9.17, 15) is 0 Å². The largest absolute Gasteiger partial charge is 0.369 e. The predicted molar refractivity (Wildman–Crippen MR) is 119 cm³/mol. The van der Waals surface area contributed by atoms with Crippen molar-refractivity contribution in [2.75, 3.05) is 4.90 Å². The fraction of sp³-hybridized carbons (Fsp3) is 0.409. The lowest BCUT2D eigenvalue weighted by atomic mass is 9.96. The van der Waals surface area contributed by atoms with E-state index in [0.717, 1.165) is 40.3 Å². The number of thiazole rings is 1. The Morgan fingerprint density at radius 1 is 1.21 bits per heavy atom. The first kappa shape index (κ1) is 18.9. The Morgan fingerprint density at radius 2 is 2.00 bits per heavy atom. The molecule has 0 radical (unpaired) electrons. The molecule has 1 aliphatic rings. The monoisotopic (exact) mass is 393 g/mol. The van der Waals surface area contributed by atoms with Crippen molar-refractivity contribution in [2.45, 2.75) is 57.9 Å². The van der Waals surface area contributed by atoms with Gasteiger partial charge in [-0.05, 0) is 30.9 Å². The van der Waals surface area contributed by atoms with Crippen molar-refractivity contribution in [3.8, 4) is 0 Å². The maximum Gasteiger partial charge on any atom is 0.202 e. The highest BCUT2D eigenvalue weighted by molar-refractivity contribution is 7.13. The Bertz CT molecular complexity index is 958. The van der Waals surface area contributed by atoms with Crippen molar-refractivity contribution < 1.29 is 0 Å². The molecule has 0 bridgehead atoms. The van der Waals surface area contributed by atoms with Crippen LogP contribution in [0.5, 0.6) is 0 Å². The molecule has 1 saturated carbocycles. The van der Waals surface area contributed by atoms with E-state index >= 15 is 0 Å². The van der Waals surface area contributed by atoms with Gasteiger partial charge in [0.1, 0.15) is 0 Å². The molecule has 0 saturated heterocycles. The molecule has 1 fully saturated rings. The molecule has 6 heteroatoms.